The average molecular weight is 242 g/mol. The highest BCUT2D eigenvalue weighted by Gasteiger charge is 2.27. The zero-order valence-electron chi connectivity index (χ0n) is 10.3. The average Bonchev–Trinajstić information content (AvgIpc) is 2.29. The fourth-order valence-corrected chi connectivity index (χ4v) is 3.41. The normalized spacial score (nSPS) is 28.2. The van der Waals surface area contributed by atoms with Crippen molar-refractivity contribution in [2.45, 2.75) is 31.9 Å². The lowest BCUT2D eigenvalue weighted by Gasteiger charge is -2.37. The number of piperidine rings is 1. The van der Waals surface area contributed by atoms with Gasteiger partial charge in [-0.25, -0.2) is 4.79 Å². The van der Waals surface area contributed by atoms with Crippen LogP contribution in [-0.2, 0) is 0 Å². The van der Waals surface area contributed by atoms with Crippen molar-refractivity contribution in [3.63, 3.8) is 0 Å². The van der Waals surface area contributed by atoms with Gasteiger partial charge in [-0.05, 0) is 18.8 Å². The molecular weight excluding hydrogens is 220 g/mol. The largest absolute Gasteiger partial charge is 0.325 e. The summed E-state index contributed by atoms with van der Waals surface area (Å²) in [6.07, 6.45) is 2.34. The van der Waals surface area contributed by atoms with Crippen molar-refractivity contribution in [3.05, 3.63) is 0 Å². The van der Waals surface area contributed by atoms with Gasteiger partial charge in [-0.1, -0.05) is 13.8 Å². The lowest BCUT2D eigenvalue weighted by atomic mass is 9.99. The minimum absolute atomic E-state index is 0.277. The van der Waals surface area contributed by atoms with E-state index in [1.54, 1.807) is 0 Å². The molecule has 2 amide bonds. The Morgan fingerprint density at radius 1 is 1.12 bits per heavy atom. The maximum Gasteiger partial charge on any atom is 0.320 e. The third-order valence-electron chi connectivity index (χ3n) is 3.57. The van der Waals surface area contributed by atoms with Gasteiger partial charge in [0.2, 0.25) is 0 Å². The van der Waals surface area contributed by atoms with Crippen LogP contribution in [-0.4, -0.2) is 53.0 Å². The Morgan fingerprint density at radius 3 is 2.44 bits per heavy atom. The SMILES string of the molecule is CC1CCN(C(=O)N2CCSC(C)C2)CC1. The van der Waals surface area contributed by atoms with Crippen molar-refractivity contribution in [2.24, 2.45) is 5.92 Å². The number of thioether (sulfide) groups is 1. The standard InChI is InChI=1S/C12H22N2OS/c1-10-3-5-13(6-4-10)12(15)14-7-8-16-11(2)9-14/h10-11H,3-9H2,1-2H3. The van der Waals surface area contributed by atoms with Crippen molar-refractivity contribution in [1.29, 1.82) is 0 Å². The lowest BCUT2D eigenvalue weighted by molar-refractivity contribution is 0.136. The van der Waals surface area contributed by atoms with E-state index in [4.69, 9.17) is 0 Å². The zero-order valence-corrected chi connectivity index (χ0v) is 11.1. The molecule has 4 heteroatoms. The summed E-state index contributed by atoms with van der Waals surface area (Å²) < 4.78 is 0. The number of amides is 2. The summed E-state index contributed by atoms with van der Waals surface area (Å²) in [6.45, 7) is 8.26. The molecule has 0 aromatic carbocycles. The first-order chi connectivity index (χ1) is 7.66. The van der Waals surface area contributed by atoms with Crippen LogP contribution < -0.4 is 0 Å². The molecule has 2 saturated heterocycles. The van der Waals surface area contributed by atoms with Crippen LogP contribution in [0.3, 0.4) is 0 Å². The molecule has 2 rings (SSSR count). The number of carbonyl (C=O) groups is 1. The van der Waals surface area contributed by atoms with E-state index in [-0.39, 0.29) is 6.03 Å². The molecule has 2 aliphatic heterocycles. The molecule has 0 aromatic rings. The van der Waals surface area contributed by atoms with Crippen LogP contribution in [0.25, 0.3) is 0 Å². The number of nitrogens with zero attached hydrogens (tertiary/aromatic N) is 2. The van der Waals surface area contributed by atoms with E-state index >= 15 is 0 Å². The van der Waals surface area contributed by atoms with E-state index < -0.39 is 0 Å². The van der Waals surface area contributed by atoms with Crippen molar-refractivity contribution in [3.8, 4) is 0 Å². The Hall–Kier alpha value is -0.380. The van der Waals surface area contributed by atoms with E-state index in [1.165, 1.54) is 12.8 Å². The first kappa shape index (κ1) is 12.1. The van der Waals surface area contributed by atoms with Crippen molar-refractivity contribution < 1.29 is 4.79 Å². The van der Waals surface area contributed by atoms with Crippen LogP contribution in [0.1, 0.15) is 26.7 Å². The van der Waals surface area contributed by atoms with Crippen molar-refractivity contribution in [2.75, 3.05) is 31.9 Å². The number of urea groups is 1. The van der Waals surface area contributed by atoms with Crippen molar-refractivity contribution >= 4 is 17.8 Å². The molecule has 0 aromatic heterocycles. The predicted octanol–water partition coefficient (Wildman–Crippen LogP) is 2.28. The van der Waals surface area contributed by atoms with Gasteiger partial charge < -0.3 is 9.80 Å². The second kappa shape index (κ2) is 5.30. The first-order valence-corrected chi connectivity index (χ1v) is 7.37. The molecule has 1 atom stereocenters. The molecule has 2 heterocycles. The van der Waals surface area contributed by atoms with Gasteiger partial charge in [-0.3, -0.25) is 0 Å². The van der Waals surface area contributed by atoms with Crippen LogP contribution >= 0.6 is 11.8 Å². The molecule has 0 spiro atoms. The number of carbonyl (C=O) groups excluding carboxylic acids is 1. The quantitative estimate of drug-likeness (QED) is 0.650. The van der Waals surface area contributed by atoms with Gasteiger partial charge in [-0.2, -0.15) is 11.8 Å². The van der Waals surface area contributed by atoms with Gasteiger partial charge >= 0.3 is 6.03 Å². The number of likely N-dealkylation sites (tertiary alicyclic amines) is 1. The topological polar surface area (TPSA) is 23.6 Å². The molecule has 2 fully saturated rings. The Balaban J connectivity index is 1.86. The molecule has 2 aliphatic rings. The molecule has 92 valence electrons. The molecule has 1 unspecified atom stereocenters. The Labute approximate surface area is 103 Å². The van der Waals surface area contributed by atoms with Crippen LogP contribution in [0.4, 0.5) is 4.79 Å². The molecule has 0 saturated carbocycles. The second-order valence-corrected chi connectivity index (χ2v) is 6.63. The summed E-state index contributed by atoms with van der Waals surface area (Å²) in [6, 6.07) is 0.277. The Bertz CT molecular complexity index is 251. The number of rotatable bonds is 0. The molecule has 0 N–H and O–H groups in total. The fraction of sp³-hybridized carbons (Fsp3) is 0.917. The monoisotopic (exact) mass is 242 g/mol. The van der Waals surface area contributed by atoms with E-state index in [2.05, 4.69) is 13.8 Å². The zero-order chi connectivity index (χ0) is 11.5. The molecular formula is C12H22N2OS. The van der Waals surface area contributed by atoms with Crippen LogP contribution in [0.2, 0.25) is 0 Å². The maximum absolute atomic E-state index is 12.2. The Morgan fingerprint density at radius 2 is 1.81 bits per heavy atom. The summed E-state index contributed by atoms with van der Waals surface area (Å²) in [4.78, 5) is 16.3. The van der Waals surface area contributed by atoms with Crippen LogP contribution in [0, 0.1) is 5.92 Å². The number of hydrogen-bond acceptors (Lipinski definition) is 2. The van der Waals surface area contributed by atoms with Gasteiger partial charge in [0.05, 0.1) is 0 Å². The summed E-state index contributed by atoms with van der Waals surface area (Å²) in [5.74, 6) is 1.89. The predicted molar refractivity (Wildman–Crippen MR) is 68.9 cm³/mol. The molecule has 0 aliphatic carbocycles. The minimum atomic E-state index is 0.277. The first-order valence-electron chi connectivity index (χ1n) is 6.32. The van der Waals surface area contributed by atoms with Gasteiger partial charge in [0.1, 0.15) is 0 Å². The lowest BCUT2D eigenvalue weighted by Crippen LogP contribution is -2.50. The summed E-state index contributed by atoms with van der Waals surface area (Å²) in [7, 11) is 0. The molecule has 3 nitrogen and oxygen atoms in total. The third kappa shape index (κ3) is 2.84. The second-order valence-electron chi connectivity index (χ2n) is 5.08. The smallest absolute Gasteiger partial charge is 0.320 e. The van der Waals surface area contributed by atoms with Gasteiger partial charge in [0.25, 0.3) is 0 Å². The Kier molecular flexibility index (Phi) is 4.00. The maximum atomic E-state index is 12.2. The summed E-state index contributed by atoms with van der Waals surface area (Å²) >= 11 is 1.97. The van der Waals surface area contributed by atoms with E-state index in [0.29, 0.717) is 5.25 Å². The van der Waals surface area contributed by atoms with Crippen molar-refractivity contribution in [1.82, 2.24) is 9.80 Å². The van der Waals surface area contributed by atoms with Crippen LogP contribution in [0.15, 0.2) is 0 Å². The minimum Gasteiger partial charge on any atom is -0.325 e. The van der Waals surface area contributed by atoms with Gasteiger partial charge in [-0.15, -0.1) is 0 Å². The third-order valence-corrected chi connectivity index (χ3v) is 4.70. The molecule has 0 bridgehead atoms. The van der Waals surface area contributed by atoms with Crippen LogP contribution in [0.5, 0.6) is 0 Å². The van der Waals surface area contributed by atoms with Gasteiger partial charge in [0, 0.05) is 37.2 Å². The molecule has 0 radical (unpaired) electrons. The van der Waals surface area contributed by atoms with E-state index in [1.807, 2.05) is 21.6 Å². The van der Waals surface area contributed by atoms with Gasteiger partial charge in [0.15, 0.2) is 0 Å². The summed E-state index contributed by atoms with van der Waals surface area (Å²) in [5.41, 5.74) is 0. The highest BCUT2D eigenvalue weighted by Crippen LogP contribution is 2.21. The number of hydrogen-bond donors (Lipinski definition) is 0. The molecule has 16 heavy (non-hydrogen) atoms. The van der Waals surface area contributed by atoms with E-state index in [0.717, 1.165) is 37.8 Å². The highest BCUT2D eigenvalue weighted by molar-refractivity contribution is 7.99. The highest BCUT2D eigenvalue weighted by atomic mass is 32.2. The summed E-state index contributed by atoms with van der Waals surface area (Å²) in [5, 5.41) is 0.599. The van der Waals surface area contributed by atoms with E-state index in [9.17, 15) is 4.79 Å². The fourth-order valence-electron chi connectivity index (χ4n) is 2.39.